The normalized spacial score (nSPS) is 7.77. The zero-order chi connectivity index (χ0) is 8.65. The fourth-order valence-electron chi connectivity index (χ4n) is 0.638. The fourth-order valence-corrected chi connectivity index (χ4v) is 0.638. The van der Waals surface area contributed by atoms with E-state index in [1.165, 1.54) is 0 Å². The van der Waals surface area contributed by atoms with E-state index in [0.717, 1.165) is 0 Å². The van der Waals surface area contributed by atoms with Crippen molar-refractivity contribution in [3.05, 3.63) is 49.3 Å². The number of aromatic nitrogens is 3. The van der Waals surface area contributed by atoms with Crippen molar-refractivity contribution in [2.75, 3.05) is 0 Å². The van der Waals surface area contributed by atoms with Crippen molar-refractivity contribution in [3.8, 4) is 0 Å². The largest absolute Gasteiger partial charge is 0.412 e. The first kappa shape index (κ1) is 11.3. The first-order valence-electron chi connectivity index (χ1n) is 3.66. The maximum atomic E-state index is 3.78. The van der Waals surface area contributed by atoms with E-state index in [1.54, 1.807) is 24.9 Å². The van der Waals surface area contributed by atoms with Gasteiger partial charge in [-0.05, 0) is 12.1 Å². The second-order valence-electron chi connectivity index (χ2n) is 2.25. The average molecular weight is 179 g/mol. The van der Waals surface area contributed by atoms with Gasteiger partial charge in [0, 0.05) is 31.8 Å². The Morgan fingerprint density at radius 2 is 1.62 bits per heavy atom. The van der Waals surface area contributed by atoms with Gasteiger partial charge < -0.3 is 10.0 Å². The minimum atomic E-state index is 0. The minimum absolute atomic E-state index is 0. The second kappa shape index (κ2) is 7.00. The molecule has 0 aromatic carbocycles. The van der Waals surface area contributed by atoms with Gasteiger partial charge in [0.25, 0.3) is 0 Å². The van der Waals surface area contributed by atoms with Gasteiger partial charge >= 0.3 is 0 Å². The summed E-state index contributed by atoms with van der Waals surface area (Å²) in [6, 6.07) is 5.72. The Hall–Kier alpha value is -1.68. The van der Waals surface area contributed by atoms with Crippen LogP contribution in [0.25, 0.3) is 0 Å². The third kappa shape index (κ3) is 5.57. The molecule has 0 radical (unpaired) electrons. The zero-order valence-electron chi connectivity index (χ0n) is 7.46. The lowest BCUT2D eigenvalue weighted by molar-refractivity contribution is 0.824. The van der Waals surface area contributed by atoms with Crippen LogP contribution in [0.2, 0.25) is 0 Å². The summed E-state index contributed by atoms with van der Waals surface area (Å²) in [4.78, 5) is 7.57. The van der Waals surface area contributed by atoms with Gasteiger partial charge in [0.1, 0.15) is 0 Å². The molecule has 0 spiro atoms. The molecular formula is C9H13N3O. The molecule has 0 saturated heterocycles. The van der Waals surface area contributed by atoms with E-state index in [0.29, 0.717) is 0 Å². The monoisotopic (exact) mass is 179 g/mol. The molecule has 2 aromatic heterocycles. The first-order chi connectivity index (χ1) is 5.89. The van der Waals surface area contributed by atoms with Crippen molar-refractivity contribution in [1.82, 2.24) is 14.5 Å². The van der Waals surface area contributed by atoms with Crippen molar-refractivity contribution in [1.29, 1.82) is 0 Å². The molecule has 0 aliphatic heterocycles. The summed E-state index contributed by atoms with van der Waals surface area (Å²) < 4.78 is 1.89. The van der Waals surface area contributed by atoms with Crippen LogP contribution in [0.5, 0.6) is 0 Å². The molecule has 0 saturated carbocycles. The smallest absolute Gasteiger partial charge is 0.0943 e. The molecule has 2 heterocycles. The molecule has 0 aliphatic carbocycles. The van der Waals surface area contributed by atoms with E-state index in [9.17, 15) is 0 Å². The molecule has 2 rings (SSSR count). The van der Waals surface area contributed by atoms with E-state index in [1.807, 2.05) is 36.0 Å². The molecule has 2 aromatic rings. The fraction of sp³-hybridized carbons (Fsp3) is 0.111. The number of rotatable bonds is 0. The van der Waals surface area contributed by atoms with E-state index in [4.69, 9.17) is 0 Å². The Morgan fingerprint density at radius 1 is 0.923 bits per heavy atom. The second-order valence-corrected chi connectivity index (χ2v) is 2.25. The van der Waals surface area contributed by atoms with Crippen molar-refractivity contribution in [2.24, 2.45) is 7.05 Å². The van der Waals surface area contributed by atoms with Gasteiger partial charge in [0.2, 0.25) is 0 Å². The lowest BCUT2D eigenvalue weighted by atomic mass is 10.5. The minimum Gasteiger partial charge on any atom is -0.412 e. The quantitative estimate of drug-likeness (QED) is 0.597. The Balaban J connectivity index is 0.000000206. The highest BCUT2D eigenvalue weighted by Crippen LogP contribution is 1.74. The third-order valence-corrected chi connectivity index (χ3v) is 1.20. The molecule has 70 valence electrons. The summed E-state index contributed by atoms with van der Waals surface area (Å²) in [5.41, 5.74) is 0. The number of aryl methyl sites for hydroxylation is 1. The van der Waals surface area contributed by atoms with E-state index < -0.39 is 0 Å². The Kier molecular flexibility index (Phi) is 6.09. The van der Waals surface area contributed by atoms with Gasteiger partial charge in [0.15, 0.2) is 0 Å². The van der Waals surface area contributed by atoms with Crippen LogP contribution in [0.3, 0.4) is 0 Å². The molecule has 0 amide bonds. The predicted octanol–water partition coefficient (Wildman–Crippen LogP) is 0.677. The summed E-state index contributed by atoms with van der Waals surface area (Å²) in [6.45, 7) is 0. The Labute approximate surface area is 77.2 Å². The summed E-state index contributed by atoms with van der Waals surface area (Å²) >= 11 is 0. The zero-order valence-corrected chi connectivity index (χ0v) is 7.46. The van der Waals surface area contributed by atoms with Crippen molar-refractivity contribution >= 4 is 0 Å². The first-order valence-corrected chi connectivity index (χ1v) is 3.66. The summed E-state index contributed by atoms with van der Waals surface area (Å²) in [6.07, 6.45) is 8.89. The molecule has 2 N–H and O–H groups in total. The number of nitrogens with zero attached hydrogens (tertiary/aromatic N) is 3. The highest BCUT2D eigenvalue weighted by Gasteiger charge is 1.69. The maximum absolute atomic E-state index is 3.78. The average Bonchev–Trinajstić information content (AvgIpc) is 2.60. The highest BCUT2D eigenvalue weighted by atomic mass is 16.0. The van der Waals surface area contributed by atoms with Gasteiger partial charge in [-0.25, -0.2) is 4.98 Å². The lowest BCUT2D eigenvalue weighted by Gasteiger charge is -1.76. The molecule has 0 unspecified atom stereocenters. The molecule has 0 atom stereocenters. The molecule has 0 fully saturated rings. The summed E-state index contributed by atoms with van der Waals surface area (Å²) in [7, 11) is 1.94. The van der Waals surface area contributed by atoms with Gasteiger partial charge in [-0.15, -0.1) is 0 Å². The van der Waals surface area contributed by atoms with Gasteiger partial charge in [-0.3, -0.25) is 4.98 Å². The van der Waals surface area contributed by atoms with E-state index >= 15 is 0 Å². The van der Waals surface area contributed by atoms with Crippen molar-refractivity contribution in [2.45, 2.75) is 0 Å². The SMILES string of the molecule is Cn1ccnc1.O.c1ccncc1. The van der Waals surface area contributed by atoms with Crippen LogP contribution in [-0.4, -0.2) is 20.0 Å². The van der Waals surface area contributed by atoms with Gasteiger partial charge in [-0.1, -0.05) is 6.07 Å². The molecule has 4 nitrogen and oxygen atoms in total. The topological polar surface area (TPSA) is 62.2 Å². The van der Waals surface area contributed by atoms with Crippen LogP contribution in [-0.2, 0) is 7.05 Å². The number of imidazole rings is 1. The van der Waals surface area contributed by atoms with Crippen molar-refractivity contribution < 1.29 is 5.48 Å². The summed E-state index contributed by atoms with van der Waals surface area (Å²) in [5, 5.41) is 0. The Bertz CT molecular complexity index is 254. The molecule has 0 aliphatic rings. The van der Waals surface area contributed by atoms with Crippen LogP contribution >= 0.6 is 0 Å². The number of hydrogen-bond acceptors (Lipinski definition) is 2. The molecule has 4 heteroatoms. The predicted molar refractivity (Wildman–Crippen MR) is 51.1 cm³/mol. The number of hydrogen-bond donors (Lipinski definition) is 0. The van der Waals surface area contributed by atoms with Gasteiger partial charge in [0.05, 0.1) is 6.33 Å². The van der Waals surface area contributed by atoms with Crippen LogP contribution in [0.4, 0.5) is 0 Å². The van der Waals surface area contributed by atoms with Crippen LogP contribution < -0.4 is 0 Å². The summed E-state index contributed by atoms with van der Waals surface area (Å²) in [5.74, 6) is 0. The molecule has 0 bridgehead atoms. The lowest BCUT2D eigenvalue weighted by Crippen LogP contribution is -1.76. The molecule has 13 heavy (non-hydrogen) atoms. The Morgan fingerprint density at radius 3 is 1.77 bits per heavy atom. The van der Waals surface area contributed by atoms with Crippen molar-refractivity contribution in [3.63, 3.8) is 0 Å². The molecular weight excluding hydrogens is 166 g/mol. The highest BCUT2D eigenvalue weighted by molar-refractivity contribution is 4.88. The van der Waals surface area contributed by atoms with E-state index in [2.05, 4.69) is 9.97 Å². The van der Waals surface area contributed by atoms with Crippen LogP contribution in [0.1, 0.15) is 0 Å². The standard InChI is InChI=1S/C5H5N.C4H6N2.H2O/c1-2-4-6-5-3-1;1-6-3-2-5-4-6;/h1-5H;2-4H,1H3;1H2. The van der Waals surface area contributed by atoms with E-state index in [-0.39, 0.29) is 5.48 Å². The van der Waals surface area contributed by atoms with Crippen LogP contribution in [0, 0.1) is 0 Å². The van der Waals surface area contributed by atoms with Gasteiger partial charge in [-0.2, -0.15) is 0 Å². The van der Waals surface area contributed by atoms with Crippen LogP contribution in [0.15, 0.2) is 49.3 Å². The maximum Gasteiger partial charge on any atom is 0.0943 e. The third-order valence-electron chi connectivity index (χ3n) is 1.20. The number of pyridine rings is 1.